The third-order valence-electron chi connectivity index (χ3n) is 4.56. The maximum absolute atomic E-state index is 11.8. The van der Waals surface area contributed by atoms with Gasteiger partial charge >= 0.3 is 0 Å². The molecule has 0 saturated carbocycles. The molecule has 152 valence electrons. The van der Waals surface area contributed by atoms with Crippen LogP contribution in [0, 0.1) is 13.8 Å². The Hall–Kier alpha value is -2.86. The van der Waals surface area contributed by atoms with Crippen LogP contribution < -0.4 is 9.47 Å². The number of hydrogen-bond donors (Lipinski definition) is 0. The number of aromatic nitrogens is 1. The Bertz CT molecular complexity index is 1010. The second-order valence-corrected chi connectivity index (χ2v) is 8.07. The van der Waals surface area contributed by atoms with E-state index in [9.17, 15) is 4.79 Å². The number of ether oxygens (including phenoxy) is 2. The van der Waals surface area contributed by atoms with Crippen molar-refractivity contribution < 1.29 is 14.3 Å². The van der Waals surface area contributed by atoms with Crippen molar-refractivity contribution in [3.63, 3.8) is 0 Å². The molecule has 0 bridgehead atoms. The third kappa shape index (κ3) is 5.15. The standard InChI is InChI=1S/C23H26N2O3S/c1-6-27-20-13-17(7-9-19(20)28-14-23(26)25(4)5)8-10-22-24-18-11-15(2)16(3)12-21(18)29-22/h7-13H,6,14H2,1-5H3/b10-8+. The molecule has 1 heterocycles. The first kappa shape index (κ1) is 20.9. The number of likely N-dealkylation sites (N-methyl/N-ethyl adjacent to an activating group) is 1. The van der Waals surface area contributed by atoms with Gasteiger partial charge in [0.25, 0.3) is 5.91 Å². The summed E-state index contributed by atoms with van der Waals surface area (Å²) < 4.78 is 12.5. The molecule has 0 spiro atoms. The molecule has 0 atom stereocenters. The van der Waals surface area contributed by atoms with Gasteiger partial charge in [-0.1, -0.05) is 12.1 Å². The molecule has 0 aliphatic rings. The molecular weight excluding hydrogens is 384 g/mol. The van der Waals surface area contributed by atoms with E-state index in [1.807, 2.05) is 37.3 Å². The Labute approximate surface area is 175 Å². The van der Waals surface area contributed by atoms with Crippen molar-refractivity contribution in [3.8, 4) is 11.5 Å². The molecule has 5 nitrogen and oxygen atoms in total. The van der Waals surface area contributed by atoms with E-state index in [-0.39, 0.29) is 12.5 Å². The highest BCUT2D eigenvalue weighted by Crippen LogP contribution is 2.30. The molecule has 3 rings (SSSR count). The summed E-state index contributed by atoms with van der Waals surface area (Å²) >= 11 is 1.68. The van der Waals surface area contributed by atoms with Crippen LogP contribution >= 0.6 is 11.3 Å². The van der Waals surface area contributed by atoms with Gasteiger partial charge in [0.1, 0.15) is 5.01 Å². The van der Waals surface area contributed by atoms with E-state index in [1.165, 1.54) is 20.7 Å². The van der Waals surface area contributed by atoms with E-state index < -0.39 is 0 Å². The predicted octanol–water partition coefficient (Wildman–Crippen LogP) is 4.95. The van der Waals surface area contributed by atoms with Crippen LogP contribution in [0.4, 0.5) is 0 Å². The SMILES string of the molecule is CCOc1cc(/C=C/c2nc3cc(C)c(C)cc3s2)ccc1OCC(=O)N(C)C. The number of carbonyl (C=O) groups excluding carboxylic acids is 1. The molecule has 0 fully saturated rings. The van der Waals surface area contributed by atoms with Crippen molar-refractivity contribution in [3.05, 3.63) is 52.0 Å². The molecule has 0 saturated heterocycles. The highest BCUT2D eigenvalue weighted by molar-refractivity contribution is 7.19. The summed E-state index contributed by atoms with van der Waals surface area (Å²) in [5.74, 6) is 1.08. The Balaban J connectivity index is 1.79. The Morgan fingerprint density at radius 1 is 1.07 bits per heavy atom. The fourth-order valence-electron chi connectivity index (χ4n) is 2.72. The summed E-state index contributed by atoms with van der Waals surface area (Å²) in [6.07, 6.45) is 4.02. The number of amides is 1. The molecule has 0 aliphatic carbocycles. The summed E-state index contributed by atoms with van der Waals surface area (Å²) in [5, 5.41) is 0.958. The zero-order valence-corrected chi connectivity index (χ0v) is 18.3. The van der Waals surface area contributed by atoms with Gasteiger partial charge in [-0.2, -0.15) is 0 Å². The van der Waals surface area contributed by atoms with Gasteiger partial charge in [0.15, 0.2) is 18.1 Å². The van der Waals surface area contributed by atoms with Gasteiger partial charge in [0, 0.05) is 14.1 Å². The highest BCUT2D eigenvalue weighted by Gasteiger charge is 2.10. The maximum Gasteiger partial charge on any atom is 0.259 e. The first-order valence-corrected chi connectivity index (χ1v) is 10.3. The van der Waals surface area contributed by atoms with Crippen molar-refractivity contribution in [2.75, 3.05) is 27.3 Å². The van der Waals surface area contributed by atoms with E-state index in [2.05, 4.69) is 26.0 Å². The minimum atomic E-state index is -0.0993. The van der Waals surface area contributed by atoms with Crippen molar-refractivity contribution in [2.45, 2.75) is 20.8 Å². The number of rotatable bonds is 7. The number of nitrogens with zero attached hydrogens (tertiary/aromatic N) is 2. The quantitative estimate of drug-likeness (QED) is 0.553. The smallest absolute Gasteiger partial charge is 0.259 e. The van der Waals surface area contributed by atoms with Gasteiger partial charge in [-0.05, 0) is 67.8 Å². The fraction of sp³-hybridized carbons (Fsp3) is 0.304. The van der Waals surface area contributed by atoms with Gasteiger partial charge in [0.05, 0.1) is 16.8 Å². The van der Waals surface area contributed by atoms with Gasteiger partial charge in [-0.3, -0.25) is 4.79 Å². The molecule has 29 heavy (non-hydrogen) atoms. The molecule has 0 radical (unpaired) electrons. The van der Waals surface area contributed by atoms with Crippen LogP contribution in [-0.2, 0) is 4.79 Å². The number of aryl methyl sites for hydroxylation is 2. The molecule has 1 amide bonds. The summed E-state index contributed by atoms with van der Waals surface area (Å²) in [7, 11) is 3.40. The van der Waals surface area contributed by atoms with Crippen LogP contribution in [0.1, 0.15) is 28.6 Å². The Kier molecular flexibility index (Phi) is 6.54. The second-order valence-electron chi connectivity index (χ2n) is 7.01. The van der Waals surface area contributed by atoms with Gasteiger partial charge in [-0.15, -0.1) is 11.3 Å². The molecule has 0 unspecified atom stereocenters. The molecule has 0 N–H and O–H groups in total. The van der Waals surface area contributed by atoms with Crippen LogP contribution in [0.5, 0.6) is 11.5 Å². The largest absolute Gasteiger partial charge is 0.490 e. The van der Waals surface area contributed by atoms with E-state index in [0.29, 0.717) is 18.1 Å². The topological polar surface area (TPSA) is 51.7 Å². The maximum atomic E-state index is 11.8. The summed E-state index contributed by atoms with van der Waals surface area (Å²) in [5.41, 5.74) is 4.54. The van der Waals surface area contributed by atoms with Crippen LogP contribution in [0.3, 0.4) is 0 Å². The number of fused-ring (bicyclic) bond motifs is 1. The molecule has 2 aromatic carbocycles. The van der Waals surface area contributed by atoms with Crippen molar-refractivity contribution in [1.29, 1.82) is 0 Å². The van der Waals surface area contributed by atoms with E-state index in [4.69, 9.17) is 14.5 Å². The average molecular weight is 411 g/mol. The Morgan fingerprint density at radius 2 is 1.83 bits per heavy atom. The predicted molar refractivity (Wildman–Crippen MR) is 120 cm³/mol. The molecule has 0 aliphatic heterocycles. The van der Waals surface area contributed by atoms with Crippen LogP contribution in [0.2, 0.25) is 0 Å². The first-order valence-electron chi connectivity index (χ1n) is 9.53. The number of carbonyl (C=O) groups is 1. The van der Waals surface area contributed by atoms with Crippen LogP contribution in [0.15, 0.2) is 30.3 Å². The molecule has 1 aromatic heterocycles. The lowest BCUT2D eigenvalue weighted by molar-refractivity contribution is -0.130. The number of hydrogen-bond acceptors (Lipinski definition) is 5. The summed E-state index contributed by atoms with van der Waals surface area (Å²) in [4.78, 5) is 18.0. The third-order valence-corrected chi connectivity index (χ3v) is 5.54. The lowest BCUT2D eigenvalue weighted by Crippen LogP contribution is -2.27. The molecular formula is C23H26N2O3S. The monoisotopic (exact) mass is 410 g/mol. The number of benzene rings is 2. The van der Waals surface area contributed by atoms with Gasteiger partial charge < -0.3 is 14.4 Å². The van der Waals surface area contributed by atoms with Gasteiger partial charge in [-0.25, -0.2) is 4.98 Å². The van der Waals surface area contributed by atoms with Crippen molar-refractivity contribution in [2.24, 2.45) is 0 Å². The van der Waals surface area contributed by atoms with Crippen LogP contribution in [0.25, 0.3) is 22.4 Å². The summed E-state index contributed by atoms with van der Waals surface area (Å²) in [6, 6.07) is 10.0. The minimum Gasteiger partial charge on any atom is -0.490 e. The zero-order chi connectivity index (χ0) is 21.0. The summed E-state index contributed by atoms with van der Waals surface area (Å²) in [6.45, 7) is 6.64. The van der Waals surface area contributed by atoms with Crippen molar-refractivity contribution in [1.82, 2.24) is 9.88 Å². The first-order chi connectivity index (χ1) is 13.9. The zero-order valence-electron chi connectivity index (χ0n) is 17.5. The van der Waals surface area contributed by atoms with Crippen LogP contribution in [-0.4, -0.2) is 43.1 Å². The van der Waals surface area contributed by atoms with Gasteiger partial charge in [0.2, 0.25) is 0 Å². The highest BCUT2D eigenvalue weighted by atomic mass is 32.1. The minimum absolute atomic E-state index is 0.0210. The second kappa shape index (κ2) is 9.09. The lowest BCUT2D eigenvalue weighted by atomic mass is 10.1. The lowest BCUT2D eigenvalue weighted by Gasteiger charge is -2.14. The molecule has 6 heteroatoms. The average Bonchev–Trinajstić information content (AvgIpc) is 3.07. The van der Waals surface area contributed by atoms with E-state index >= 15 is 0 Å². The Morgan fingerprint density at radius 3 is 2.55 bits per heavy atom. The van der Waals surface area contributed by atoms with E-state index in [0.717, 1.165) is 16.1 Å². The number of thiazole rings is 1. The fourth-order valence-corrected chi connectivity index (χ4v) is 3.67. The van der Waals surface area contributed by atoms with E-state index in [1.54, 1.807) is 25.4 Å². The molecule has 3 aromatic rings. The van der Waals surface area contributed by atoms with Crippen molar-refractivity contribution >= 4 is 39.6 Å². The normalized spacial score (nSPS) is 11.2.